The van der Waals surface area contributed by atoms with Gasteiger partial charge in [-0.1, -0.05) is 46.9 Å². The summed E-state index contributed by atoms with van der Waals surface area (Å²) in [5.41, 5.74) is 0.194. The van der Waals surface area contributed by atoms with E-state index in [0.717, 1.165) is 0 Å². The van der Waals surface area contributed by atoms with Crippen LogP contribution in [0.15, 0.2) is 30.3 Å². The van der Waals surface area contributed by atoms with E-state index in [1.807, 2.05) is 0 Å². The first kappa shape index (κ1) is 15.9. The lowest BCUT2D eigenvalue weighted by Gasteiger charge is -2.12. The van der Waals surface area contributed by atoms with Gasteiger partial charge in [-0.15, -0.1) is 0 Å². The fourth-order valence-corrected chi connectivity index (χ4v) is 2.40. The van der Waals surface area contributed by atoms with Crippen LogP contribution < -0.4 is 4.74 Å². The van der Waals surface area contributed by atoms with E-state index in [0.29, 0.717) is 5.56 Å². The van der Waals surface area contributed by atoms with Gasteiger partial charge < -0.3 is 9.84 Å². The molecule has 110 valence electrons. The second-order valence-electron chi connectivity index (χ2n) is 4.07. The minimum Gasteiger partial charge on any atom is -0.486 e. The minimum atomic E-state index is -1.24. The molecule has 0 fully saturated rings. The van der Waals surface area contributed by atoms with Crippen LogP contribution in [0, 0.1) is 5.82 Å². The summed E-state index contributed by atoms with van der Waals surface area (Å²) in [5.74, 6) is -1.87. The molecule has 0 amide bonds. The van der Waals surface area contributed by atoms with E-state index < -0.39 is 11.8 Å². The molecule has 7 heteroatoms. The average molecular weight is 350 g/mol. The van der Waals surface area contributed by atoms with Crippen LogP contribution in [0.3, 0.4) is 0 Å². The number of hydrogen-bond donors (Lipinski definition) is 1. The van der Waals surface area contributed by atoms with Gasteiger partial charge >= 0.3 is 5.97 Å². The van der Waals surface area contributed by atoms with Gasteiger partial charge in [-0.05, 0) is 18.2 Å². The molecule has 0 aliphatic rings. The Kier molecular flexibility index (Phi) is 4.93. The highest BCUT2D eigenvalue weighted by Gasteiger charge is 2.17. The lowest BCUT2D eigenvalue weighted by molar-refractivity contribution is 0.0691. The lowest BCUT2D eigenvalue weighted by atomic mass is 10.2. The summed E-state index contributed by atoms with van der Waals surface area (Å²) in [5, 5.41) is 9.27. The second kappa shape index (κ2) is 6.52. The van der Waals surface area contributed by atoms with E-state index >= 15 is 0 Å². The van der Waals surface area contributed by atoms with Gasteiger partial charge in [0.2, 0.25) is 0 Å². The first-order valence-corrected chi connectivity index (χ1v) is 6.81. The lowest BCUT2D eigenvalue weighted by Crippen LogP contribution is -2.05. The number of hydrogen-bond acceptors (Lipinski definition) is 2. The molecule has 2 rings (SSSR count). The van der Waals surface area contributed by atoms with Crippen molar-refractivity contribution in [3.8, 4) is 5.75 Å². The second-order valence-corrected chi connectivity index (χ2v) is 5.29. The molecule has 0 aliphatic heterocycles. The van der Waals surface area contributed by atoms with Crippen molar-refractivity contribution < 1.29 is 19.0 Å². The van der Waals surface area contributed by atoms with Gasteiger partial charge in [0.25, 0.3) is 0 Å². The molecule has 1 N–H and O–H groups in total. The number of benzene rings is 2. The van der Waals surface area contributed by atoms with E-state index in [1.165, 1.54) is 24.3 Å². The number of rotatable bonds is 4. The maximum atomic E-state index is 13.3. The number of aromatic carboxylic acids is 1. The molecule has 0 saturated carbocycles. The smallest absolute Gasteiger partial charge is 0.339 e. The van der Waals surface area contributed by atoms with Crippen molar-refractivity contribution >= 4 is 40.8 Å². The molecule has 0 radical (unpaired) electrons. The zero-order valence-corrected chi connectivity index (χ0v) is 12.6. The molecule has 0 spiro atoms. The molecule has 21 heavy (non-hydrogen) atoms. The number of halogens is 4. The number of carbonyl (C=O) groups is 1. The van der Waals surface area contributed by atoms with Gasteiger partial charge in [-0.2, -0.15) is 0 Å². The average Bonchev–Trinajstić information content (AvgIpc) is 2.41. The SMILES string of the molecule is O=C(O)c1cc(Cl)cc(Cl)c1OCc1cccc(F)c1Cl. The molecule has 0 atom stereocenters. The van der Waals surface area contributed by atoms with Crippen molar-refractivity contribution in [2.45, 2.75) is 6.61 Å². The molecule has 0 unspecified atom stereocenters. The Labute approximate surface area is 134 Å². The zero-order chi connectivity index (χ0) is 15.6. The Morgan fingerprint density at radius 1 is 1.24 bits per heavy atom. The van der Waals surface area contributed by atoms with Gasteiger partial charge in [0.1, 0.15) is 18.0 Å². The first-order valence-electron chi connectivity index (χ1n) is 5.68. The maximum Gasteiger partial charge on any atom is 0.339 e. The predicted octanol–water partition coefficient (Wildman–Crippen LogP) is 5.06. The van der Waals surface area contributed by atoms with Crippen molar-refractivity contribution in [1.82, 2.24) is 0 Å². The van der Waals surface area contributed by atoms with Crippen LogP contribution in [0.4, 0.5) is 4.39 Å². The Bertz CT molecular complexity index is 704. The van der Waals surface area contributed by atoms with E-state index in [9.17, 15) is 9.18 Å². The Morgan fingerprint density at radius 2 is 1.95 bits per heavy atom. The standard InChI is InChI=1S/C14H8Cl3FO3/c15-8-4-9(14(19)20)13(10(16)5-8)21-6-7-2-1-3-11(18)12(7)17/h1-5H,6H2,(H,19,20). The molecular formula is C14H8Cl3FO3. The first-order chi connectivity index (χ1) is 9.90. The summed E-state index contributed by atoms with van der Waals surface area (Å²) in [4.78, 5) is 11.2. The molecule has 0 heterocycles. The topological polar surface area (TPSA) is 46.5 Å². The van der Waals surface area contributed by atoms with E-state index in [1.54, 1.807) is 6.07 Å². The molecule has 2 aromatic carbocycles. The van der Waals surface area contributed by atoms with Crippen LogP contribution in [0.5, 0.6) is 5.75 Å². The van der Waals surface area contributed by atoms with Crippen LogP contribution in [-0.4, -0.2) is 11.1 Å². The normalized spacial score (nSPS) is 10.5. The minimum absolute atomic E-state index is 0.0473. The molecule has 0 aromatic heterocycles. The van der Waals surface area contributed by atoms with Gasteiger partial charge in [-0.25, -0.2) is 9.18 Å². The van der Waals surface area contributed by atoms with Crippen molar-refractivity contribution in [3.05, 3.63) is 62.3 Å². The van der Waals surface area contributed by atoms with E-state index in [-0.39, 0.29) is 33.0 Å². The third kappa shape index (κ3) is 3.59. The largest absolute Gasteiger partial charge is 0.486 e. The van der Waals surface area contributed by atoms with Crippen molar-refractivity contribution in [1.29, 1.82) is 0 Å². The van der Waals surface area contributed by atoms with Gasteiger partial charge in [-0.3, -0.25) is 0 Å². The molecule has 2 aromatic rings. The quantitative estimate of drug-likeness (QED) is 0.839. The molecule has 0 bridgehead atoms. The summed E-state index contributed by atoms with van der Waals surface area (Å²) in [6, 6.07) is 6.83. The summed E-state index contributed by atoms with van der Waals surface area (Å²) < 4.78 is 18.7. The van der Waals surface area contributed by atoms with Crippen molar-refractivity contribution in [2.24, 2.45) is 0 Å². The Morgan fingerprint density at radius 3 is 2.62 bits per heavy atom. The third-order valence-electron chi connectivity index (χ3n) is 2.64. The fourth-order valence-electron chi connectivity index (χ4n) is 1.68. The van der Waals surface area contributed by atoms with Crippen molar-refractivity contribution in [3.63, 3.8) is 0 Å². The molecule has 3 nitrogen and oxygen atoms in total. The van der Waals surface area contributed by atoms with Crippen LogP contribution >= 0.6 is 34.8 Å². The number of ether oxygens (including phenoxy) is 1. The van der Waals surface area contributed by atoms with Crippen LogP contribution in [-0.2, 0) is 6.61 Å². The predicted molar refractivity (Wildman–Crippen MR) is 79.2 cm³/mol. The zero-order valence-electron chi connectivity index (χ0n) is 10.4. The summed E-state index contributed by atoms with van der Waals surface area (Å²) in [6.07, 6.45) is 0. The molecule has 0 saturated heterocycles. The maximum absolute atomic E-state index is 13.3. The summed E-state index contributed by atoms with van der Waals surface area (Å²) >= 11 is 17.5. The third-order valence-corrected chi connectivity index (χ3v) is 3.56. The molecule has 0 aliphatic carbocycles. The van der Waals surface area contributed by atoms with Crippen molar-refractivity contribution in [2.75, 3.05) is 0 Å². The number of carboxylic acids is 1. The summed E-state index contributed by atoms with van der Waals surface area (Å²) in [7, 11) is 0. The van der Waals surface area contributed by atoms with E-state index in [2.05, 4.69) is 0 Å². The Balaban J connectivity index is 2.32. The van der Waals surface area contributed by atoms with Crippen LogP contribution in [0.25, 0.3) is 0 Å². The fraction of sp³-hybridized carbons (Fsp3) is 0.0714. The van der Waals surface area contributed by atoms with E-state index in [4.69, 9.17) is 44.6 Å². The Hall–Kier alpha value is -1.49. The molecular weight excluding hydrogens is 342 g/mol. The van der Waals surface area contributed by atoms with Gasteiger partial charge in [0.15, 0.2) is 5.75 Å². The summed E-state index contributed by atoms with van der Waals surface area (Å²) in [6.45, 7) is -0.127. The van der Waals surface area contributed by atoms with Gasteiger partial charge in [0.05, 0.1) is 10.0 Å². The van der Waals surface area contributed by atoms with Crippen LogP contribution in [0.1, 0.15) is 15.9 Å². The highest BCUT2D eigenvalue weighted by atomic mass is 35.5. The monoisotopic (exact) mass is 348 g/mol. The van der Waals surface area contributed by atoms with Crippen LogP contribution in [0.2, 0.25) is 15.1 Å². The highest BCUT2D eigenvalue weighted by molar-refractivity contribution is 6.36. The van der Waals surface area contributed by atoms with Gasteiger partial charge in [0, 0.05) is 10.6 Å². The highest BCUT2D eigenvalue weighted by Crippen LogP contribution is 2.33. The number of carboxylic acid groups (broad SMARTS) is 1.